The van der Waals surface area contributed by atoms with E-state index in [1.165, 1.54) is 18.2 Å². The lowest BCUT2D eigenvalue weighted by Crippen LogP contribution is -2.10. The van der Waals surface area contributed by atoms with Crippen LogP contribution in [-0.2, 0) is 10.2 Å². The molecule has 0 bridgehead atoms. The predicted octanol–water partition coefficient (Wildman–Crippen LogP) is 5.55. The Labute approximate surface area is 164 Å². The zero-order valence-corrected chi connectivity index (χ0v) is 16.9. The first-order chi connectivity index (χ1) is 13.3. The van der Waals surface area contributed by atoms with Crippen LogP contribution in [-0.4, -0.2) is 22.5 Å². The van der Waals surface area contributed by atoms with Crippen LogP contribution in [0.15, 0.2) is 54.7 Å². The quantitative estimate of drug-likeness (QED) is 0.434. The Kier molecular flexibility index (Phi) is 4.22. The fraction of sp³-hybridized carbons (Fsp3) is 0.250. The molecule has 28 heavy (non-hydrogen) atoms. The molecule has 2 aromatic heterocycles. The molecule has 0 aliphatic rings. The maximum atomic E-state index is 12.0. The van der Waals surface area contributed by atoms with Gasteiger partial charge in [-0.3, -0.25) is 0 Å². The third-order valence-electron chi connectivity index (χ3n) is 5.11. The van der Waals surface area contributed by atoms with Gasteiger partial charge in [0.1, 0.15) is 0 Å². The molecular formula is C24H24N2O2. The molecule has 0 saturated heterocycles. The minimum absolute atomic E-state index is 0.103. The molecule has 4 nitrogen and oxygen atoms in total. The Morgan fingerprint density at radius 1 is 1.00 bits per heavy atom. The lowest BCUT2D eigenvalue weighted by atomic mass is 9.86. The summed E-state index contributed by atoms with van der Waals surface area (Å²) < 4.78 is 7.01. The third kappa shape index (κ3) is 3.05. The van der Waals surface area contributed by atoms with Crippen LogP contribution in [0.5, 0.6) is 0 Å². The smallest absolute Gasteiger partial charge is 0.337 e. The number of hydrogen-bond donors (Lipinski definition) is 0. The number of carbonyl (C=O) groups excluding carboxylic acids is 1. The molecule has 4 aromatic rings. The van der Waals surface area contributed by atoms with Gasteiger partial charge in [0.25, 0.3) is 0 Å². The first-order valence-corrected chi connectivity index (χ1v) is 9.39. The molecule has 0 aliphatic carbocycles. The number of benzene rings is 2. The van der Waals surface area contributed by atoms with Gasteiger partial charge < -0.3 is 9.14 Å². The van der Waals surface area contributed by atoms with Crippen molar-refractivity contribution >= 4 is 22.5 Å². The minimum atomic E-state index is -0.358. The number of hydrogen-bond acceptors (Lipinski definition) is 3. The second kappa shape index (κ2) is 6.48. The Morgan fingerprint density at radius 2 is 1.71 bits per heavy atom. The largest absolute Gasteiger partial charge is 0.465 e. The second-order valence-corrected chi connectivity index (χ2v) is 8.26. The molecule has 0 unspecified atom stereocenters. The summed E-state index contributed by atoms with van der Waals surface area (Å²) in [5.74, 6) is -0.358. The van der Waals surface area contributed by atoms with Crippen LogP contribution in [0, 0.1) is 6.92 Å². The van der Waals surface area contributed by atoms with Gasteiger partial charge in [-0.2, -0.15) is 0 Å². The zero-order chi connectivity index (χ0) is 20.1. The minimum Gasteiger partial charge on any atom is -0.465 e. The summed E-state index contributed by atoms with van der Waals surface area (Å²) in [5.41, 5.74) is 7.80. The number of methoxy groups -OCH3 is 1. The van der Waals surface area contributed by atoms with E-state index in [2.05, 4.69) is 68.6 Å². The number of ether oxygens (including phenoxy) is 1. The number of rotatable bonds is 2. The van der Waals surface area contributed by atoms with Gasteiger partial charge >= 0.3 is 5.97 Å². The highest BCUT2D eigenvalue weighted by Gasteiger charge is 2.16. The highest BCUT2D eigenvalue weighted by atomic mass is 16.5. The van der Waals surface area contributed by atoms with E-state index >= 15 is 0 Å². The normalized spacial score (nSPS) is 11.9. The summed E-state index contributed by atoms with van der Waals surface area (Å²) in [6.45, 7) is 8.70. The van der Waals surface area contributed by atoms with Crippen molar-refractivity contribution in [3.63, 3.8) is 0 Å². The van der Waals surface area contributed by atoms with E-state index in [1.807, 2.05) is 6.07 Å². The molecule has 0 amide bonds. The second-order valence-electron chi connectivity index (χ2n) is 8.26. The summed E-state index contributed by atoms with van der Waals surface area (Å²) in [4.78, 5) is 16.9. The van der Waals surface area contributed by atoms with Crippen LogP contribution < -0.4 is 0 Å². The monoisotopic (exact) mass is 372 g/mol. The lowest BCUT2D eigenvalue weighted by Gasteiger charge is -2.19. The maximum absolute atomic E-state index is 12.0. The SMILES string of the molecule is COC(=O)c1ccc2c(c1)nc(-c1ccc(C(C)(C)C)cc1)c1cc(C)cn12. The van der Waals surface area contributed by atoms with Gasteiger partial charge in [0.2, 0.25) is 0 Å². The van der Waals surface area contributed by atoms with Crippen molar-refractivity contribution in [2.45, 2.75) is 33.1 Å². The van der Waals surface area contributed by atoms with Crippen LogP contribution in [0.25, 0.3) is 27.8 Å². The number of aromatic nitrogens is 2. The highest BCUT2D eigenvalue weighted by Crippen LogP contribution is 2.31. The summed E-state index contributed by atoms with van der Waals surface area (Å²) in [6.07, 6.45) is 2.10. The Balaban J connectivity index is 1.96. The number of fused-ring (bicyclic) bond motifs is 3. The van der Waals surface area contributed by atoms with E-state index in [-0.39, 0.29) is 11.4 Å². The Morgan fingerprint density at radius 3 is 2.36 bits per heavy atom. The maximum Gasteiger partial charge on any atom is 0.337 e. The zero-order valence-electron chi connectivity index (χ0n) is 16.9. The predicted molar refractivity (Wildman–Crippen MR) is 113 cm³/mol. The van der Waals surface area contributed by atoms with E-state index < -0.39 is 0 Å². The molecule has 4 heteroatoms. The summed E-state index contributed by atoms with van der Waals surface area (Å²) >= 11 is 0. The van der Waals surface area contributed by atoms with Crippen LogP contribution in [0.4, 0.5) is 0 Å². The molecule has 0 N–H and O–H groups in total. The Bertz CT molecular complexity index is 1200. The van der Waals surface area contributed by atoms with Crippen LogP contribution in [0.2, 0.25) is 0 Å². The van der Waals surface area contributed by atoms with E-state index in [0.29, 0.717) is 5.56 Å². The van der Waals surface area contributed by atoms with E-state index in [9.17, 15) is 4.79 Å². The fourth-order valence-electron chi connectivity index (χ4n) is 3.56. The van der Waals surface area contributed by atoms with Crippen LogP contribution >= 0.6 is 0 Å². The van der Waals surface area contributed by atoms with E-state index in [0.717, 1.165) is 27.8 Å². The molecule has 0 aliphatic heterocycles. The van der Waals surface area contributed by atoms with Crippen LogP contribution in [0.3, 0.4) is 0 Å². The van der Waals surface area contributed by atoms with Gasteiger partial charge in [0.05, 0.1) is 34.9 Å². The summed E-state index contributed by atoms with van der Waals surface area (Å²) in [7, 11) is 1.39. The van der Waals surface area contributed by atoms with Crippen molar-refractivity contribution in [1.29, 1.82) is 0 Å². The third-order valence-corrected chi connectivity index (χ3v) is 5.11. The van der Waals surface area contributed by atoms with Gasteiger partial charge in [0, 0.05) is 11.8 Å². The molecule has 0 atom stereocenters. The standard InChI is InChI=1S/C24H24N2O2/c1-15-12-21-22(16-6-9-18(10-7-16)24(2,3)4)25-19-13-17(23(27)28-5)8-11-20(19)26(21)14-15/h6-14H,1-5H3. The summed E-state index contributed by atoms with van der Waals surface area (Å²) in [5, 5.41) is 0. The molecule has 2 aromatic carbocycles. The van der Waals surface area contributed by atoms with Crippen molar-refractivity contribution in [1.82, 2.24) is 9.38 Å². The summed E-state index contributed by atoms with van der Waals surface area (Å²) in [6, 6.07) is 16.2. The van der Waals surface area contributed by atoms with Crippen molar-refractivity contribution in [2.75, 3.05) is 7.11 Å². The van der Waals surface area contributed by atoms with Crippen molar-refractivity contribution < 1.29 is 9.53 Å². The molecule has 0 spiro atoms. The topological polar surface area (TPSA) is 43.6 Å². The molecule has 0 saturated carbocycles. The first kappa shape index (κ1) is 18.2. The number of nitrogens with zero attached hydrogens (tertiary/aromatic N) is 2. The van der Waals surface area contributed by atoms with Crippen molar-refractivity contribution in [3.05, 3.63) is 71.4 Å². The van der Waals surface area contributed by atoms with E-state index in [1.54, 1.807) is 12.1 Å². The average Bonchev–Trinajstić information content (AvgIpc) is 3.07. The number of carbonyl (C=O) groups is 1. The van der Waals surface area contributed by atoms with Gasteiger partial charge in [-0.05, 0) is 47.7 Å². The molecule has 4 rings (SSSR count). The van der Waals surface area contributed by atoms with Gasteiger partial charge in [-0.25, -0.2) is 9.78 Å². The van der Waals surface area contributed by atoms with Gasteiger partial charge in [-0.15, -0.1) is 0 Å². The number of aryl methyl sites for hydroxylation is 1. The molecular weight excluding hydrogens is 348 g/mol. The first-order valence-electron chi connectivity index (χ1n) is 9.39. The van der Waals surface area contributed by atoms with Gasteiger partial charge in [-0.1, -0.05) is 45.0 Å². The fourth-order valence-corrected chi connectivity index (χ4v) is 3.56. The average molecular weight is 372 g/mol. The number of esters is 1. The van der Waals surface area contributed by atoms with Crippen LogP contribution in [0.1, 0.15) is 42.3 Å². The highest BCUT2D eigenvalue weighted by molar-refractivity contribution is 5.95. The van der Waals surface area contributed by atoms with E-state index in [4.69, 9.17) is 9.72 Å². The van der Waals surface area contributed by atoms with Crippen molar-refractivity contribution in [2.24, 2.45) is 0 Å². The van der Waals surface area contributed by atoms with Gasteiger partial charge in [0.15, 0.2) is 0 Å². The molecule has 2 heterocycles. The molecule has 0 radical (unpaired) electrons. The van der Waals surface area contributed by atoms with Crippen molar-refractivity contribution in [3.8, 4) is 11.3 Å². The molecule has 142 valence electrons. The molecule has 0 fully saturated rings. The Hall–Kier alpha value is -3.14. The lowest BCUT2D eigenvalue weighted by molar-refractivity contribution is 0.0601.